The molecule has 0 saturated carbocycles. The summed E-state index contributed by atoms with van der Waals surface area (Å²) >= 11 is 0. The van der Waals surface area contributed by atoms with Crippen molar-refractivity contribution in [3.63, 3.8) is 0 Å². The first-order valence-electron chi connectivity index (χ1n) is 9.90. The lowest BCUT2D eigenvalue weighted by Gasteiger charge is -2.15. The fraction of sp³-hybridized carbons (Fsp3) is 0.435. The highest BCUT2D eigenvalue weighted by atomic mass is 16.5. The second-order valence-electron chi connectivity index (χ2n) is 6.69. The third kappa shape index (κ3) is 6.97. The lowest BCUT2D eigenvalue weighted by molar-refractivity contribution is 0.0975. The summed E-state index contributed by atoms with van der Waals surface area (Å²) in [4.78, 5) is 12.7. The first-order valence-corrected chi connectivity index (χ1v) is 9.90. The summed E-state index contributed by atoms with van der Waals surface area (Å²) < 4.78 is 11.4. The molecule has 0 aromatic heterocycles. The molecule has 2 aromatic rings. The van der Waals surface area contributed by atoms with Gasteiger partial charge in [0, 0.05) is 11.3 Å². The molecular formula is C23H31NO3. The van der Waals surface area contributed by atoms with Gasteiger partial charge in [0.1, 0.15) is 11.5 Å². The fourth-order valence-electron chi connectivity index (χ4n) is 2.62. The van der Waals surface area contributed by atoms with Crippen LogP contribution in [0.1, 0.15) is 56.8 Å². The van der Waals surface area contributed by atoms with E-state index >= 15 is 0 Å². The van der Waals surface area contributed by atoms with Crippen LogP contribution in [-0.2, 0) is 0 Å². The number of rotatable bonds is 12. The lowest BCUT2D eigenvalue weighted by Crippen LogP contribution is -2.26. The van der Waals surface area contributed by atoms with Gasteiger partial charge >= 0.3 is 0 Å². The summed E-state index contributed by atoms with van der Waals surface area (Å²) in [5.74, 6) is 1.64. The molecule has 0 bridgehead atoms. The Morgan fingerprint density at radius 2 is 1.56 bits per heavy atom. The van der Waals surface area contributed by atoms with Crippen molar-refractivity contribution in [1.82, 2.24) is 0 Å². The smallest absolute Gasteiger partial charge is 0.184 e. The van der Waals surface area contributed by atoms with Crippen LogP contribution in [0.4, 0.5) is 5.69 Å². The second-order valence-corrected chi connectivity index (χ2v) is 6.69. The van der Waals surface area contributed by atoms with Crippen LogP contribution in [0.2, 0.25) is 0 Å². The molecule has 0 aliphatic rings. The van der Waals surface area contributed by atoms with E-state index in [9.17, 15) is 4.79 Å². The number of nitrogens with one attached hydrogen (secondary N) is 1. The van der Waals surface area contributed by atoms with Crippen molar-refractivity contribution in [2.45, 2.75) is 52.5 Å². The summed E-state index contributed by atoms with van der Waals surface area (Å²) in [6.45, 7) is 7.55. The minimum Gasteiger partial charge on any atom is -0.494 e. The molecule has 0 radical (unpaired) electrons. The summed E-state index contributed by atoms with van der Waals surface area (Å²) in [7, 11) is 0. The highest BCUT2D eigenvalue weighted by Gasteiger charge is 2.15. The maximum Gasteiger partial charge on any atom is 0.184 e. The van der Waals surface area contributed by atoms with Crippen molar-refractivity contribution in [3.05, 3.63) is 54.1 Å². The Hall–Kier alpha value is -2.49. The summed E-state index contributed by atoms with van der Waals surface area (Å²) in [5, 5.41) is 3.26. The first-order chi connectivity index (χ1) is 13.1. The number of unbranched alkanes of at least 4 members (excludes halogenated alkanes) is 2. The third-order valence-corrected chi connectivity index (χ3v) is 4.28. The van der Waals surface area contributed by atoms with Gasteiger partial charge in [-0.3, -0.25) is 4.79 Å². The summed E-state index contributed by atoms with van der Waals surface area (Å²) in [5.41, 5.74) is 1.55. The van der Waals surface area contributed by atoms with Crippen molar-refractivity contribution < 1.29 is 14.3 Å². The maximum atomic E-state index is 12.7. The van der Waals surface area contributed by atoms with Gasteiger partial charge in [0.05, 0.1) is 19.3 Å². The van der Waals surface area contributed by atoms with E-state index < -0.39 is 0 Å². The normalized spacial score (nSPS) is 11.7. The Bertz CT molecular complexity index is 697. The van der Waals surface area contributed by atoms with Gasteiger partial charge in [0.15, 0.2) is 5.78 Å². The highest BCUT2D eigenvalue weighted by molar-refractivity contribution is 6.01. The van der Waals surface area contributed by atoms with E-state index in [2.05, 4.69) is 19.2 Å². The number of carbonyl (C=O) groups excluding carboxylic acids is 1. The molecule has 0 aliphatic heterocycles. The molecule has 0 amide bonds. The molecule has 1 atom stereocenters. The third-order valence-electron chi connectivity index (χ3n) is 4.28. The summed E-state index contributed by atoms with van der Waals surface area (Å²) in [6, 6.07) is 14.8. The Kier molecular flexibility index (Phi) is 8.69. The van der Waals surface area contributed by atoms with E-state index in [4.69, 9.17) is 9.47 Å². The molecule has 27 heavy (non-hydrogen) atoms. The van der Waals surface area contributed by atoms with Crippen LogP contribution in [0.15, 0.2) is 48.5 Å². The van der Waals surface area contributed by atoms with Gasteiger partial charge < -0.3 is 14.8 Å². The average Bonchev–Trinajstić information content (AvgIpc) is 2.69. The van der Waals surface area contributed by atoms with Crippen molar-refractivity contribution in [1.29, 1.82) is 0 Å². The molecule has 146 valence electrons. The highest BCUT2D eigenvalue weighted by Crippen LogP contribution is 2.19. The van der Waals surface area contributed by atoms with Gasteiger partial charge in [-0.05, 0) is 56.2 Å². The molecule has 1 unspecified atom stereocenters. The Morgan fingerprint density at radius 1 is 0.926 bits per heavy atom. The Balaban J connectivity index is 1.92. The average molecular weight is 370 g/mol. The van der Waals surface area contributed by atoms with Crippen molar-refractivity contribution in [3.8, 4) is 11.5 Å². The van der Waals surface area contributed by atoms with Crippen molar-refractivity contribution in [2.75, 3.05) is 18.5 Å². The van der Waals surface area contributed by atoms with Crippen LogP contribution in [-0.4, -0.2) is 25.0 Å². The first kappa shape index (κ1) is 20.8. The Morgan fingerprint density at radius 3 is 2.19 bits per heavy atom. The molecule has 4 nitrogen and oxygen atoms in total. The fourth-order valence-corrected chi connectivity index (χ4v) is 2.62. The molecule has 4 heteroatoms. The number of anilines is 1. The van der Waals surface area contributed by atoms with Crippen LogP contribution in [0.5, 0.6) is 11.5 Å². The van der Waals surface area contributed by atoms with Crippen LogP contribution < -0.4 is 14.8 Å². The van der Waals surface area contributed by atoms with E-state index in [1.54, 1.807) is 0 Å². The molecule has 2 aromatic carbocycles. The predicted octanol–water partition coefficient (Wildman–Crippen LogP) is 5.73. The molecule has 0 heterocycles. The van der Waals surface area contributed by atoms with E-state index in [0.717, 1.165) is 49.5 Å². The number of ketones is 1. The molecule has 0 spiro atoms. The number of benzene rings is 2. The standard InChI is InChI=1S/C23H31NO3/c1-4-6-15-26-21-13-11-20(12-14-21)24-18(3)23(25)19-9-8-10-22(17-19)27-16-7-5-2/h8-14,17-18,24H,4-7,15-16H2,1-3H3. The maximum absolute atomic E-state index is 12.7. The number of hydrogen-bond acceptors (Lipinski definition) is 4. The van der Waals surface area contributed by atoms with Gasteiger partial charge in [-0.25, -0.2) is 0 Å². The molecule has 0 saturated heterocycles. The summed E-state index contributed by atoms with van der Waals surface area (Å²) in [6.07, 6.45) is 4.26. The lowest BCUT2D eigenvalue weighted by atomic mass is 10.0. The van der Waals surface area contributed by atoms with E-state index in [0.29, 0.717) is 12.2 Å². The van der Waals surface area contributed by atoms with E-state index in [1.807, 2.05) is 55.5 Å². The molecular weight excluding hydrogens is 338 g/mol. The number of ether oxygens (including phenoxy) is 2. The van der Waals surface area contributed by atoms with E-state index in [1.165, 1.54) is 0 Å². The molecule has 2 rings (SSSR count). The van der Waals surface area contributed by atoms with Crippen molar-refractivity contribution in [2.24, 2.45) is 0 Å². The topological polar surface area (TPSA) is 47.6 Å². The second kappa shape index (κ2) is 11.3. The van der Waals surface area contributed by atoms with Gasteiger partial charge in [0.25, 0.3) is 0 Å². The Labute approximate surface area is 162 Å². The number of carbonyl (C=O) groups is 1. The SMILES string of the molecule is CCCCOc1ccc(NC(C)C(=O)c2cccc(OCCCC)c2)cc1. The number of Topliss-reactive ketones (excluding diaryl/α,β-unsaturated/α-hetero) is 1. The van der Waals surface area contributed by atoms with Crippen LogP contribution in [0.3, 0.4) is 0 Å². The molecule has 0 aliphatic carbocycles. The van der Waals surface area contributed by atoms with Gasteiger partial charge in [-0.2, -0.15) is 0 Å². The van der Waals surface area contributed by atoms with Gasteiger partial charge in [0.2, 0.25) is 0 Å². The van der Waals surface area contributed by atoms with Crippen molar-refractivity contribution >= 4 is 11.5 Å². The molecule has 1 N–H and O–H groups in total. The zero-order valence-corrected chi connectivity index (χ0v) is 16.7. The van der Waals surface area contributed by atoms with Crippen LogP contribution in [0, 0.1) is 0 Å². The quantitative estimate of drug-likeness (QED) is 0.383. The monoisotopic (exact) mass is 369 g/mol. The predicted molar refractivity (Wildman–Crippen MR) is 111 cm³/mol. The van der Waals surface area contributed by atoms with Gasteiger partial charge in [-0.1, -0.05) is 38.8 Å². The van der Waals surface area contributed by atoms with Crippen LogP contribution >= 0.6 is 0 Å². The molecule has 0 fully saturated rings. The van der Waals surface area contributed by atoms with Gasteiger partial charge in [-0.15, -0.1) is 0 Å². The zero-order chi connectivity index (χ0) is 19.5. The number of hydrogen-bond donors (Lipinski definition) is 1. The minimum atomic E-state index is -0.331. The minimum absolute atomic E-state index is 0.0409. The van der Waals surface area contributed by atoms with E-state index in [-0.39, 0.29) is 11.8 Å². The van der Waals surface area contributed by atoms with Crippen LogP contribution in [0.25, 0.3) is 0 Å². The largest absolute Gasteiger partial charge is 0.494 e. The zero-order valence-electron chi connectivity index (χ0n) is 16.7.